The summed E-state index contributed by atoms with van der Waals surface area (Å²) in [4.78, 5) is 13.3. The fourth-order valence-corrected chi connectivity index (χ4v) is 5.90. The zero-order valence-electron chi connectivity index (χ0n) is 19.9. The summed E-state index contributed by atoms with van der Waals surface area (Å²) in [6.45, 7) is 4.38. The molecule has 0 aliphatic rings. The van der Waals surface area contributed by atoms with Crippen LogP contribution in [0.5, 0.6) is 5.75 Å². The molecule has 0 aliphatic carbocycles. The van der Waals surface area contributed by atoms with Crippen LogP contribution in [0.3, 0.4) is 0 Å². The third-order valence-electron chi connectivity index (χ3n) is 6.04. The monoisotopic (exact) mass is 479 g/mol. The van der Waals surface area contributed by atoms with E-state index in [4.69, 9.17) is 10.5 Å². The highest BCUT2D eigenvalue weighted by Gasteiger charge is 2.32. The molecule has 180 valence electrons. The van der Waals surface area contributed by atoms with Crippen LogP contribution in [0.15, 0.2) is 83.8 Å². The molecule has 0 heterocycles. The van der Waals surface area contributed by atoms with Gasteiger partial charge >= 0.3 is 0 Å². The molecule has 2 N–H and O–H groups in total. The summed E-state index contributed by atoms with van der Waals surface area (Å²) in [5.41, 5.74) is 7.24. The molecule has 6 heteroatoms. The number of hydrogen-bond donors (Lipinski definition) is 1. The van der Waals surface area contributed by atoms with Crippen molar-refractivity contribution in [3.8, 4) is 5.75 Å². The average molecular weight is 480 g/mol. The van der Waals surface area contributed by atoms with Gasteiger partial charge in [0.25, 0.3) is 0 Å². The third kappa shape index (κ3) is 6.55. The van der Waals surface area contributed by atoms with Crippen molar-refractivity contribution in [3.05, 3.63) is 95.6 Å². The normalized spacial score (nSPS) is 13.3. The minimum absolute atomic E-state index is 0.0316. The summed E-state index contributed by atoms with van der Waals surface area (Å²) in [5.74, 6) is 0.0992. The van der Waals surface area contributed by atoms with Crippen LogP contribution in [0.25, 0.3) is 0 Å². The predicted molar refractivity (Wildman–Crippen MR) is 136 cm³/mol. The van der Waals surface area contributed by atoms with E-state index in [1.165, 1.54) is 6.07 Å². The third-order valence-corrected chi connectivity index (χ3v) is 8.02. The van der Waals surface area contributed by atoms with Crippen LogP contribution in [0.1, 0.15) is 61.0 Å². The molecule has 3 aromatic carbocycles. The fourth-order valence-electron chi connectivity index (χ4n) is 3.86. The molecule has 1 unspecified atom stereocenters. The molecule has 3 aromatic rings. The molecule has 0 bridgehead atoms. The van der Waals surface area contributed by atoms with Gasteiger partial charge in [-0.25, -0.2) is 8.42 Å². The molecule has 3 rings (SSSR count). The first kappa shape index (κ1) is 25.7. The fraction of sp³-hybridized carbons (Fsp3) is 0.321. The van der Waals surface area contributed by atoms with E-state index in [9.17, 15) is 13.2 Å². The summed E-state index contributed by atoms with van der Waals surface area (Å²) in [7, 11) is -3.76. The van der Waals surface area contributed by atoms with Gasteiger partial charge in [-0.05, 0) is 54.8 Å². The quantitative estimate of drug-likeness (QED) is 0.343. The summed E-state index contributed by atoms with van der Waals surface area (Å²) in [5, 5.41) is 0. The Bertz CT molecular complexity index is 1190. The second kappa shape index (κ2) is 11.4. The maximum Gasteiger partial charge on any atom is 0.194 e. The zero-order valence-corrected chi connectivity index (χ0v) is 20.7. The van der Waals surface area contributed by atoms with Gasteiger partial charge in [-0.15, -0.1) is 0 Å². The highest BCUT2D eigenvalue weighted by Crippen LogP contribution is 2.26. The number of ether oxygens (including phenoxy) is 1. The first-order valence-corrected chi connectivity index (χ1v) is 13.4. The molecule has 0 radical (unpaired) electrons. The van der Waals surface area contributed by atoms with Gasteiger partial charge in [0.15, 0.2) is 15.6 Å². The number of ketones is 1. The number of carbonyl (C=O) groups is 1. The topological polar surface area (TPSA) is 86.5 Å². The van der Waals surface area contributed by atoms with Crippen molar-refractivity contribution in [2.75, 3.05) is 5.75 Å². The number of hydrogen-bond acceptors (Lipinski definition) is 5. The van der Waals surface area contributed by atoms with E-state index < -0.39 is 15.4 Å². The lowest BCUT2D eigenvalue weighted by molar-refractivity contribution is 0.103. The number of rotatable bonds is 12. The lowest BCUT2D eigenvalue weighted by Gasteiger charge is -2.28. The van der Waals surface area contributed by atoms with Crippen molar-refractivity contribution in [3.63, 3.8) is 0 Å². The Morgan fingerprint density at radius 1 is 0.912 bits per heavy atom. The number of carbonyl (C=O) groups excluding carboxylic acids is 1. The number of sulfone groups is 1. The minimum atomic E-state index is -3.76. The van der Waals surface area contributed by atoms with Crippen molar-refractivity contribution in [2.24, 2.45) is 5.73 Å². The average Bonchev–Trinajstić information content (AvgIpc) is 2.86. The van der Waals surface area contributed by atoms with E-state index in [1.807, 2.05) is 37.3 Å². The Kier molecular flexibility index (Phi) is 8.64. The highest BCUT2D eigenvalue weighted by molar-refractivity contribution is 7.91. The van der Waals surface area contributed by atoms with Crippen LogP contribution in [-0.2, 0) is 16.4 Å². The summed E-state index contributed by atoms with van der Waals surface area (Å²) >= 11 is 0. The van der Waals surface area contributed by atoms with Gasteiger partial charge in [0, 0.05) is 16.7 Å². The Labute approximate surface area is 202 Å². The van der Waals surface area contributed by atoms with E-state index in [2.05, 4.69) is 6.92 Å². The molecule has 1 atom stereocenters. The maximum atomic E-state index is 13.3. The van der Waals surface area contributed by atoms with Gasteiger partial charge in [-0.2, -0.15) is 0 Å². The van der Waals surface area contributed by atoms with E-state index in [0.29, 0.717) is 30.8 Å². The second-order valence-electron chi connectivity index (χ2n) is 8.70. The molecule has 34 heavy (non-hydrogen) atoms. The van der Waals surface area contributed by atoms with Crippen LogP contribution in [0.2, 0.25) is 0 Å². The van der Waals surface area contributed by atoms with Crippen LogP contribution in [0, 0.1) is 0 Å². The van der Waals surface area contributed by atoms with E-state index in [1.54, 1.807) is 42.5 Å². The number of unbranched alkanes of at least 4 members (excludes halogenated alkanes) is 1. The standard InChI is InChI=1S/C28H33NO4S/c1-3-5-19-28(29,4-2)21-34(31,32)26-14-10-9-13-25(26)27(30)23-15-17-24(18-16-23)33-20-22-11-7-6-8-12-22/h6-18H,3-5,19-21,29H2,1-2H3. The predicted octanol–water partition coefficient (Wildman–Crippen LogP) is 5.57. The highest BCUT2D eigenvalue weighted by atomic mass is 32.2. The Balaban J connectivity index is 1.79. The molecule has 0 aromatic heterocycles. The van der Waals surface area contributed by atoms with E-state index >= 15 is 0 Å². The first-order valence-electron chi connectivity index (χ1n) is 11.7. The van der Waals surface area contributed by atoms with Crippen molar-refractivity contribution in [1.82, 2.24) is 0 Å². The zero-order chi connectivity index (χ0) is 24.6. The minimum Gasteiger partial charge on any atom is -0.489 e. The summed E-state index contributed by atoms with van der Waals surface area (Å²) in [6.07, 6.45) is 2.98. The van der Waals surface area contributed by atoms with E-state index in [-0.39, 0.29) is 22.0 Å². The Morgan fingerprint density at radius 2 is 1.56 bits per heavy atom. The SMILES string of the molecule is CCCCC(N)(CC)CS(=O)(=O)c1ccccc1C(=O)c1ccc(OCc2ccccc2)cc1. The largest absolute Gasteiger partial charge is 0.489 e. The summed E-state index contributed by atoms with van der Waals surface area (Å²) in [6, 6.07) is 22.9. The molecule has 0 saturated carbocycles. The smallest absolute Gasteiger partial charge is 0.194 e. The van der Waals surface area contributed by atoms with Crippen molar-refractivity contribution >= 4 is 15.6 Å². The van der Waals surface area contributed by atoms with Gasteiger partial charge in [0.05, 0.1) is 10.6 Å². The Hall–Kier alpha value is -2.96. The van der Waals surface area contributed by atoms with Crippen LogP contribution in [-0.4, -0.2) is 25.5 Å². The molecule has 0 amide bonds. The van der Waals surface area contributed by atoms with E-state index in [0.717, 1.165) is 18.4 Å². The first-order chi connectivity index (χ1) is 16.3. The van der Waals surface area contributed by atoms with Crippen molar-refractivity contribution < 1.29 is 17.9 Å². The van der Waals surface area contributed by atoms with Gasteiger partial charge in [-0.3, -0.25) is 4.79 Å². The number of benzene rings is 3. The van der Waals surface area contributed by atoms with Gasteiger partial charge in [0.2, 0.25) is 0 Å². The van der Waals surface area contributed by atoms with Gasteiger partial charge in [0.1, 0.15) is 12.4 Å². The molecular weight excluding hydrogens is 446 g/mol. The maximum absolute atomic E-state index is 13.3. The van der Waals surface area contributed by atoms with Gasteiger partial charge < -0.3 is 10.5 Å². The van der Waals surface area contributed by atoms with Crippen LogP contribution < -0.4 is 10.5 Å². The lowest BCUT2D eigenvalue weighted by atomic mass is 9.93. The molecule has 0 saturated heterocycles. The molecule has 5 nitrogen and oxygen atoms in total. The molecular formula is C28H33NO4S. The van der Waals surface area contributed by atoms with Crippen LogP contribution in [0.4, 0.5) is 0 Å². The Morgan fingerprint density at radius 3 is 2.21 bits per heavy atom. The van der Waals surface area contributed by atoms with Crippen molar-refractivity contribution in [1.29, 1.82) is 0 Å². The van der Waals surface area contributed by atoms with Crippen LogP contribution >= 0.6 is 0 Å². The lowest BCUT2D eigenvalue weighted by Crippen LogP contribution is -2.46. The second-order valence-corrected chi connectivity index (χ2v) is 10.7. The summed E-state index contributed by atoms with van der Waals surface area (Å²) < 4.78 is 32.5. The number of nitrogens with two attached hydrogens (primary N) is 1. The molecule has 0 spiro atoms. The molecule has 0 fully saturated rings. The molecule has 0 aliphatic heterocycles. The van der Waals surface area contributed by atoms with Crippen molar-refractivity contribution in [2.45, 2.75) is 56.6 Å². The van der Waals surface area contributed by atoms with Gasteiger partial charge in [-0.1, -0.05) is 69.2 Å².